The van der Waals surface area contributed by atoms with Gasteiger partial charge in [0.05, 0.1) is 6.61 Å². The molecule has 19 heavy (non-hydrogen) atoms. The average molecular weight is 260 g/mol. The highest BCUT2D eigenvalue weighted by Gasteiger charge is 2.20. The van der Waals surface area contributed by atoms with Crippen LogP contribution in [-0.2, 0) is 4.74 Å². The summed E-state index contributed by atoms with van der Waals surface area (Å²) < 4.78 is 6.56. The number of hydrogen-bond donors (Lipinski definition) is 1. The van der Waals surface area contributed by atoms with Crippen molar-refractivity contribution >= 4 is 11.8 Å². The molecule has 2 N–H and O–H groups in total. The first-order valence-corrected chi connectivity index (χ1v) is 5.99. The fourth-order valence-corrected chi connectivity index (χ4v) is 1.83. The molecule has 0 spiro atoms. The van der Waals surface area contributed by atoms with Crippen molar-refractivity contribution in [3.8, 4) is 5.82 Å². The molecule has 0 aliphatic heterocycles. The maximum atomic E-state index is 11.7. The van der Waals surface area contributed by atoms with E-state index in [2.05, 4.69) is 9.97 Å². The minimum absolute atomic E-state index is 0.127. The second-order valence-corrected chi connectivity index (χ2v) is 4.14. The highest BCUT2D eigenvalue weighted by atomic mass is 16.5. The molecular formula is C13H16N4O2. The molecule has 0 amide bonds. The summed E-state index contributed by atoms with van der Waals surface area (Å²) >= 11 is 0. The Morgan fingerprint density at radius 2 is 2.21 bits per heavy atom. The number of esters is 1. The lowest BCUT2D eigenvalue weighted by Gasteiger charge is -2.07. The normalized spacial score (nSPS) is 10.5. The maximum Gasteiger partial charge on any atom is 0.360 e. The van der Waals surface area contributed by atoms with Gasteiger partial charge in [-0.05, 0) is 38.5 Å². The van der Waals surface area contributed by atoms with Gasteiger partial charge in [-0.25, -0.2) is 14.8 Å². The number of pyridine rings is 1. The van der Waals surface area contributed by atoms with E-state index < -0.39 is 5.97 Å². The second-order valence-electron chi connectivity index (χ2n) is 4.14. The molecule has 0 aromatic carbocycles. The zero-order valence-corrected chi connectivity index (χ0v) is 11.2. The standard InChI is InChI=1S/C13H16N4O2/c1-4-19-13(18)11-12(14)17(9(3)16-11)10-7-8(2)5-6-15-10/h5-7H,4,14H2,1-3H3. The molecule has 0 saturated heterocycles. The highest BCUT2D eigenvalue weighted by molar-refractivity contribution is 5.92. The summed E-state index contributed by atoms with van der Waals surface area (Å²) in [5.74, 6) is 0.959. The van der Waals surface area contributed by atoms with Gasteiger partial charge in [-0.1, -0.05) is 0 Å². The summed E-state index contributed by atoms with van der Waals surface area (Å²) in [6.45, 7) is 5.75. The minimum Gasteiger partial charge on any atom is -0.461 e. The van der Waals surface area contributed by atoms with Crippen LogP contribution in [0.5, 0.6) is 0 Å². The van der Waals surface area contributed by atoms with Crippen molar-refractivity contribution in [2.24, 2.45) is 0 Å². The molecule has 2 aromatic rings. The van der Waals surface area contributed by atoms with Gasteiger partial charge in [0, 0.05) is 6.20 Å². The molecule has 0 saturated carbocycles. The molecular weight excluding hydrogens is 244 g/mol. The number of aryl methyl sites for hydroxylation is 2. The van der Waals surface area contributed by atoms with Crippen molar-refractivity contribution in [3.05, 3.63) is 35.4 Å². The number of anilines is 1. The fraction of sp³-hybridized carbons (Fsp3) is 0.308. The monoisotopic (exact) mass is 260 g/mol. The van der Waals surface area contributed by atoms with Crippen LogP contribution in [0.3, 0.4) is 0 Å². The van der Waals surface area contributed by atoms with Crippen molar-refractivity contribution < 1.29 is 9.53 Å². The molecule has 2 aromatic heterocycles. The van der Waals surface area contributed by atoms with Gasteiger partial charge < -0.3 is 10.5 Å². The van der Waals surface area contributed by atoms with E-state index >= 15 is 0 Å². The van der Waals surface area contributed by atoms with Gasteiger partial charge in [0.15, 0.2) is 5.69 Å². The summed E-state index contributed by atoms with van der Waals surface area (Å²) in [5, 5.41) is 0. The van der Waals surface area contributed by atoms with Crippen LogP contribution in [0.1, 0.15) is 28.8 Å². The van der Waals surface area contributed by atoms with Crippen molar-refractivity contribution in [3.63, 3.8) is 0 Å². The zero-order valence-electron chi connectivity index (χ0n) is 11.2. The molecule has 0 atom stereocenters. The molecule has 6 nitrogen and oxygen atoms in total. The second kappa shape index (κ2) is 5.09. The molecule has 2 heterocycles. The fourth-order valence-electron chi connectivity index (χ4n) is 1.83. The van der Waals surface area contributed by atoms with E-state index in [1.54, 1.807) is 24.6 Å². The minimum atomic E-state index is -0.519. The first-order valence-electron chi connectivity index (χ1n) is 5.99. The van der Waals surface area contributed by atoms with Crippen molar-refractivity contribution in [2.45, 2.75) is 20.8 Å². The third-order valence-corrected chi connectivity index (χ3v) is 2.68. The van der Waals surface area contributed by atoms with Gasteiger partial charge >= 0.3 is 5.97 Å². The average Bonchev–Trinajstić information content (AvgIpc) is 2.65. The summed E-state index contributed by atoms with van der Waals surface area (Å²) in [6.07, 6.45) is 1.69. The van der Waals surface area contributed by atoms with E-state index in [1.807, 2.05) is 19.1 Å². The summed E-state index contributed by atoms with van der Waals surface area (Å²) in [5.41, 5.74) is 7.16. The highest BCUT2D eigenvalue weighted by Crippen LogP contribution is 2.20. The van der Waals surface area contributed by atoms with Crippen LogP contribution >= 0.6 is 0 Å². The lowest BCUT2D eigenvalue weighted by atomic mass is 10.3. The van der Waals surface area contributed by atoms with Crippen molar-refractivity contribution in [1.29, 1.82) is 0 Å². The molecule has 0 aliphatic rings. The van der Waals surface area contributed by atoms with Gasteiger partial charge in [0.1, 0.15) is 17.5 Å². The predicted molar refractivity (Wildman–Crippen MR) is 71.2 cm³/mol. The molecule has 100 valence electrons. The Hall–Kier alpha value is -2.37. The quantitative estimate of drug-likeness (QED) is 0.848. The van der Waals surface area contributed by atoms with Crippen LogP contribution in [0.15, 0.2) is 18.3 Å². The first-order chi connectivity index (χ1) is 9.04. The Bertz CT molecular complexity index is 619. The Morgan fingerprint density at radius 3 is 2.84 bits per heavy atom. The molecule has 6 heteroatoms. The zero-order chi connectivity index (χ0) is 14.0. The van der Waals surface area contributed by atoms with E-state index in [9.17, 15) is 4.79 Å². The number of nitrogens with zero attached hydrogens (tertiary/aromatic N) is 3. The van der Waals surface area contributed by atoms with Gasteiger partial charge in [0.2, 0.25) is 0 Å². The number of aromatic nitrogens is 3. The maximum absolute atomic E-state index is 11.7. The predicted octanol–water partition coefficient (Wildman–Crippen LogP) is 1.64. The van der Waals surface area contributed by atoms with Crippen molar-refractivity contribution in [2.75, 3.05) is 12.3 Å². The van der Waals surface area contributed by atoms with E-state index in [-0.39, 0.29) is 18.1 Å². The lowest BCUT2D eigenvalue weighted by Crippen LogP contribution is -2.10. The Labute approximate surface area is 111 Å². The lowest BCUT2D eigenvalue weighted by molar-refractivity contribution is 0.0521. The van der Waals surface area contributed by atoms with Crippen LogP contribution in [-0.4, -0.2) is 27.1 Å². The Balaban J connectivity index is 2.51. The SMILES string of the molecule is CCOC(=O)c1nc(C)n(-c2cc(C)ccn2)c1N. The van der Waals surface area contributed by atoms with Crippen LogP contribution in [0.25, 0.3) is 5.82 Å². The number of carbonyl (C=O) groups is 1. The van der Waals surface area contributed by atoms with E-state index in [0.717, 1.165) is 5.56 Å². The third-order valence-electron chi connectivity index (χ3n) is 2.68. The first kappa shape index (κ1) is 13.1. The smallest absolute Gasteiger partial charge is 0.360 e. The summed E-state index contributed by atoms with van der Waals surface area (Å²) in [4.78, 5) is 20.1. The number of carbonyl (C=O) groups excluding carboxylic acids is 1. The number of nitrogens with two attached hydrogens (primary N) is 1. The number of ether oxygens (including phenoxy) is 1. The van der Waals surface area contributed by atoms with Gasteiger partial charge in [-0.2, -0.15) is 0 Å². The molecule has 0 aliphatic carbocycles. The number of nitrogen functional groups attached to an aromatic ring is 1. The van der Waals surface area contributed by atoms with Crippen LogP contribution in [0.2, 0.25) is 0 Å². The van der Waals surface area contributed by atoms with Crippen LogP contribution in [0.4, 0.5) is 5.82 Å². The summed E-state index contributed by atoms with van der Waals surface area (Å²) in [6, 6.07) is 3.76. The van der Waals surface area contributed by atoms with Crippen molar-refractivity contribution in [1.82, 2.24) is 14.5 Å². The molecule has 0 unspecified atom stereocenters. The van der Waals surface area contributed by atoms with Crippen LogP contribution < -0.4 is 5.73 Å². The largest absolute Gasteiger partial charge is 0.461 e. The number of rotatable bonds is 3. The van der Waals surface area contributed by atoms with E-state index in [0.29, 0.717) is 11.6 Å². The molecule has 0 fully saturated rings. The topological polar surface area (TPSA) is 83.0 Å². The Morgan fingerprint density at radius 1 is 1.47 bits per heavy atom. The van der Waals surface area contributed by atoms with E-state index in [4.69, 9.17) is 10.5 Å². The van der Waals surface area contributed by atoms with Crippen LogP contribution in [0, 0.1) is 13.8 Å². The Kier molecular flexibility index (Phi) is 3.50. The third kappa shape index (κ3) is 2.42. The molecule has 0 bridgehead atoms. The van der Waals surface area contributed by atoms with E-state index in [1.165, 1.54) is 0 Å². The summed E-state index contributed by atoms with van der Waals surface area (Å²) in [7, 11) is 0. The van der Waals surface area contributed by atoms with Gasteiger partial charge in [0.25, 0.3) is 0 Å². The molecule has 2 rings (SSSR count). The van der Waals surface area contributed by atoms with Gasteiger partial charge in [-0.15, -0.1) is 0 Å². The molecule has 0 radical (unpaired) electrons. The number of hydrogen-bond acceptors (Lipinski definition) is 5. The van der Waals surface area contributed by atoms with Gasteiger partial charge in [-0.3, -0.25) is 4.57 Å². The number of imidazole rings is 1.